The first-order valence-electron chi connectivity index (χ1n) is 6.97. The van der Waals surface area contributed by atoms with Crippen LogP contribution in [-0.2, 0) is 9.53 Å². The highest BCUT2D eigenvalue weighted by molar-refractivity contribution is 5.79. The fraction of sp³-hybridized carbons (Fsp3) is 0.857. The Labute approximate surface area is 114 Å². The van der Waals surface area contributed by atoms with Crippen LogP contribution in [-0.4, -0.2) is 41.6 Å². The molecule has 0 bridgehead atoms. The monoisotopic (exact) mass is 268 g/mol. The van der Waals surface area contributed by atoms with Crippen LogP contribution < -0.4 is 5.32 Å². The summed E-state index contributed by atoms with van der Waals surface area (Å²) >= 11 is 0. The quantitative estimate of drug-likeness (QED) is 0.828. The summed E-state index contributed by atoms with van der Waals surface area (Å²) in [6.45, 7) is 10.8. The van der Waals surface area contributed by atoms with E-state index in [0.717, 1.165) is 0 Å². The molecule has 2 aliphatic rings. The Kier molecular flexibility index (Phi) is 3.49. The molecule has 108 valence electrons. The van der Waals surface area contributed by atoms with Crippen LogP contribution >= 0.6 is 0 Å². The minimum Gasteiger partial charge on any atom is -0.444 e. The molecule has 0 aromatic rings. The molecular weight excluding hydrogens is 244 g/mol. The summed E-state index contributed by atoms with van der Waals surface area (Å²) in [5.74, 6) is 0.942. The second kappa shape index (κ2) is 4.69. The minimum atomic E-state index is -0.449. The van der Waals surface area contributed by atoms with Crippen LogP contribution in [0.25, 0.3) is 0 Å². The van der Waals surface area contributed by atoms with Crippen molar-refractivity contribution in [3.05, 3.63) is 0 Å². The lowest BCUT2D eigenvalue weighted by molar-refractivity contribution is -0.124. The van der Waals surface area contributed by atoms with Crippen molar-refractivity contribution in [2.24, 2.45) is 17.8 Å². The molecule has 1 aliphatic heterocycles. The van der Waals surface area contributed by atoms with Gasteiger partial charge >= 0.3 is 6.09 Å². The van der Waals surface area contributed by atoms with Crippen molar-refractivity contribution in [1.82, 2.24) is 10.2 Å². The van der Waals surface area contributed by atoms with E-state index in [1.807, 2.05) is 34.6 Å². The van der Waals surface area contributed by atoms with Crippen LogP contribution in [0, 0.1) is 17.8 Å². The van der Waals surface area contributed by atoms with Crippen molar-refractivity contribution in [3.63, 3.8) is 0 Å². The van der Waals surface area contributed by atoms with E-state index in [0.29, 0.717) is 24.9 Å². The number of amides is 2. The predicted octanol–water partition coefficient (Wildman–Crippen LogP) is 1.62. The van der Waals surface area contributed by atoms with Gasteiger partial charge in [0.1, 0.15) is 5.60 Å². The fourth-order valence-electron chi connectivity index (χ4n) is 2.55. The van der Waals surface area contributed by atoms with Gasteiger partial charge < -0.3 is 15.0 Å². The smallest absolute Gasteiger partial charge is 0.410 e. The molecule has 1 aliphatic carbocycles. The third kappa shape index (κ3) is 3.19. The highest BCUT2D eigenvalue weighted by Gasteiger charge is 2.57. The summed E-state index contributed by atoms with van der Waals surface area (Å²) < 4.78 is 5.34. The van der Waals surface area contributed by atoms with Crippen LogP contribution in [0.4, 0.5) is 4.79 Å². The largest absolute Gasteiger partial charge is 0.444 e. The van der Waals surface area contributed by atoms with Gasteiger partial charge in [0.2, 0.25) is 5.91 Å². The van der Waals surface area contributed by atoms with Gasteiger partial charge in [0.25, 0.3) is 0 Å². The number of carbonyl (C=O) groups excluding carboxylic acids is 2. The van der Waals surface area contributed by atoms with E-state index in [-0.39, 0.29) is 24.0 Å². The summed E-state index contributed by atoms with van der Waals surface area (Å²) in [4.78, 5) is 25.2. The molecule has 2 rings (SSSR count). The van der Waals surface area contributed by atoms with E-state index in [2.05, 4.69) is 5.32 Å². The molecule has 0 unspecified atom stereocenters. The maximum atomic E-state index is 11.9. The Bertz CT molecular complexity index is 375. The predicted molar refractivity (Wildman–Crippen MR) is 71.6 cm³/mol. The number of hydrogen-bond acceptors (Lipinski definition) is 3. The minimum absolute atomic E-state index is 0.0169. The average Bonchev–Trinajstić information content (AvgIpc) is 2.72. The van der Waals surface area contributed by atoms with Crippen molar-refractivity contribution in [1.29, 1.82) is 0 Å². The summed E-state index contributed by atoms with van der Waals surface area (Å²) in [7, 11) is 0. The van der Waals surface area contributed by atoms with Gasteiger partial charge in [-0.25, -0.2) is 4.79 Å². The number of nitrogens with one attached hydrogen (secondary N) is 1. The Balaban J connectivity index is 1.78. The fourth-order valence-corrected chi connectivity index (χ4v) is 2.55. The van der Waals surface area contributed by atoms with Gasteiger partial charge in [-0.15, -0.1) is 0 Å². The Morgan fingerprint density at radius 3 is 2.16 bits per heavy atom. The third-order valence-corrected chi connectivity index (χ3v) is 3.68. The molecule has 0 radical (unpaired) electrons. The highest BCUT2D eigenvalue weighted by atomic mass is 16.6. The zero-order valence-electron chi connectivity index (χ0n) is 12.4. The summed E-state index contributed by atoms with van der Waals surface area (Å²) in [5.41, 5.74) is -0.449. The number of hydrogen-bond donors (Lipinski definition) is 1. The van der Waals surface area contributed by atoms with Crippen molar-refractivity contribution in [2.45, 2.75) is 46.3 Å². The number of ether oxygens (including phenoxy) is 1. The van der Waals surface area contributed by atoms with Gasteiger partial charge in [-0.2, -0.15) is 0 Å². The van der Waals surface area contributed by atoms with E-state index < -0.39 is 5.60 Å². The molecule has 3 atom stereocenters. The standard InChI is InChI=1S/C14H24N2O3/c1-8(2)12(17)15-11-9-6-16(7-10(9)11)13(18)19-14(3,4)5/h8-11H,6-7H2,1-5H3,(H,15,17)/t9-,10+,11+. The van der Waals surface area contributed by atoms with Crippen molar-refractivity contribution in [3.8, 4) is 0 Å². The number of carbonyl (C=O) groups is 2. The van der Waals surface area contributed by atoms with E-state index in [9.17, 15) is 9.59 Å². The Hall–Kier alpha value is -1.26. The summed E-state index contributed by atoms with van der Waals surface area (Å²) in [6.07, 6.45) is -0.242. The molecule has 5 heteroatoms. The van der Waals surface area contributed by atoms with E-state index in [4.69, 9.17) is 4.74 Å². The van der Waals surface area contributed by atoms with Gasteiger partial charge in [-0.05, 0) is 20.8 Å². The normalized spacial score (nSPS) is 29.2. The topological polar surface area (TPSA) is 58.6 Å². The molecule has 1 N–H and O–H groups in total. The second-order valence-electron chi connectivity index (χ2n) is 6.90. The zero-order chi connectivity index (χ0) is 14.4. The molecule has 0 spiro atoms. The van der Waals surface area contributed by atoms with Gasteiger partial charge in [0.15, 0.2) is 0 Å². The van der Waals surface area contributed by atoms with Crippen molar-refractivity contribution >= 4 is 12.0 Å². The molecule has 0 aromatic carbocycles. The molecule has 2 fully saturated rings. The number of piperidine rings is 1. The van der Waals surface area contributed by atoms with Gasteiger partial charge in [-0.3, -0.25) is 4.79 Å². The van der Waals surface area contributed by atoms with Crippen LogP contribution in [0.5, 0.6) is 0 Å². The van der Waals surface area contributed by atoms with Gasteiger partial charge in [0.05, 0.1) is 0 Å². The van der Waals surface area contributed by atoms with E-state index in [1.54, 1.807) is 4.90 Å². The van der Waals surface area contributed by atoms with Crippen LogP contribution in [0.2, 0.25) is 0 Å². The number of likely N-dealkylation sites (tertiary alicyclic amines) is 1. The van der Waals surface area contributed by atoms with E-state index >= 15 is 0 Å². The van der Waals surface area contributed by atoms with Crippen molar-refractivity contribution < 1.29 is 14.3 Å². The first-order valence-corrected chi connectivity index (χ1v) is 6.97. The average molecular weight is 268 g/mol. The van der Waals surface area contributed by atoms with Gasteiger partial charge in [-0.1, -0.05) is 13.8 Å². The van der Waals surface area contributed by atoms with Crippen molar-refractivity contribution in [2.75, 3.05) is 13.1 Å². The van der Waals surface area contributed by atoms with Crippen LogP contribution in [0.1, 0.15) is 34.6 Å². The highest BCUT2D eigenvalue weighted by Crippen LogP contribution is 2.45. The maximum Gasteiger partial charge on any atom is 0.410 e. The number of fused-ring (bicyclic) bond motifs is 1. The zero-order valence-corrected chi connectivity index (χ0v) is 12.4. The lowest BCUT2D eigenvalue weighted by Crippen LogP contribution is -2.40. The number of nitrogens with zero attached hydrogens (tertiary/aromatic N) is 1. The summed E-state index contributed by atoms with van der Waals surface area (Å²) in [6, 6.07) is 0.258. The first-order chi connectivity index (χ1) is 8.69. The number of rotatable bonds is 2. The molecular formula is C14H24N2O3. The molecule has 1 saturated heterocycles. The SMILES string of the molecule is CC(C)C(=O)N[C@H]1[C@@H]2CN(C(=O)OC(C)(C)C)C[C@@H]21. The van der Waals surface area contributed by atoms with E-state index in [1.165, 1.54) is 0 Å². The Morgan fingerprint density at radius 2 is 1.74 bits per heavy atom. The molecule has 1 saturated carbocycles. The first kappa shape index (κ1) is 14.2. The molecule has 5 nitrogen and oxygen atoms in total. The van der Waals surface area contributed by atoms with Crippen LogP contribution in [0.3, 0.4) is 0 Å². The Morgan fingerprint density at radius 1 is 1.21 bits per heavy atom. The second-order valence-corrected chi connectivity index (χ2v) is 6.90. The molecule has 19 heavy (non-hydrogen) atoms. The maximum absolute atomic E-state index is 11.9. The lowest BCUT2D eigenvalue weighted by atomic mass is 10.2. The molecule has 0 aromatic heterocycles. The molecule has 2 amide bonds. The molecule has 1 heterocycles. The van der Waals surface area contributed by atoms with Crippen LogP contribution in [0.15, 0.2) is 0 Å². The summed E-state index contributed by atoms with van der Waals surface area (Å²) in [5, 5.41) is 3.05. The van der Waals surface area contributed by atoms with Gasteiger partial charge in [0, 0.05) is 36.9 Å². The third-order valence-electron chi connectivity index (χ3n) is 3.68. The lowest BCUT2D eigenvalue weighted by Gasteiger charge is -2.26.